The molecular formula is C12H12N2O2. The molecule has 1 aromatic rings. The van der Waals surface area contributed by atoms with Crippen LogP contribution in [0.5, 0.6) is 0 Å². The Balaban J connectivity index is 3.05. The molecule has 0 heterocycles. The van der Waals surface area contributed by atoms with E-state index in [4.69, 9.17) is 10.4 Å². The van der Waals surface area contributed by atoms with Crippen molar-refractivity contribution in [2.45, 2.75) is 0 Å². The first-order valence-electron chi connectivity index (χ1n) is 4.75. The molecule has 0 fully saturated rings. The number of para-hydroxylation sites is 1. The number of benzene rings is 1. The van der Waals surface area contributed by atoms with Gasteiger partial charge in [0, 0.05) is 6.54 Å². The number of hydrogen-bond acceptors (Lipinski definition) is 3. The third-order valence-electron chi connectivity index (χ3n) is 2.04. The molecule has 4 nitrogen and oxygen atoms in total. The van der Waals surface area contributed by atoms with Gasteiger partial charge in [-0.05, 0) is 12.1 Å². The summed E-state index contributed by atoms with van der Waals surface area (Å²) in [6.45, 7) is 3.82. The molecule has 0 amide bonds. The predicted octanol–water partition coefficient (Wildman–Crippen LogP) is 1.64. The first-order valence-corrected chi connectivity index (χ1v) is 4.75. The first-order chi connectivity index (χ1) is 7.69. The van der Waals surface area contributed by atoms with Crippen molar-refractivity contribution < 1.29 is 9.90 Å². The topological polar surface area (TPSA) is 64.3 Å². The van der Waals surface area contributed by atoms with E-state index in [1.165, 1.54) is 0 Å². The first kappa shape index (κ1) is 11.8. The highest BCUT2D eigenvalue weighted by molar-refractivity contribution is 5.75. The van der Waals surface area contributed by atoms with Gasteiger partial charge in [-0.2, -0.15) is 5.26 Å². The van der Waals surface area contributed by atoms with Crippen LogP contribution in [0.25, 0.3) is 0 Å². The number of carbonyl (C=O) groups is 1. The largest absolute Gasteiger partial charge is 0.480 e. The highest BCUT2D eigenvalue weighted by Crippen LogP contribution is 2.19. The summed E-state index contributed by atoms with van der Waals surface area (Å²) in [5, 5.41) is 17.7. The minimum absolute atomic E-state index is 0.148. The molecule has 1 N–H and O–H groups in total. The highest BCUT2D eigenvalue weighted by atomic mass is 16.4. The molecule has 16 heavy (non-hydrogen) atoms. The Morgan fingerprint density at radius 1 is 1.56 bits per heavy atom. The lowest BCUT2D eigenvalue weighted by Gasteiger charge is -2.21. The van der Waals surface area contributed by atoms with Crippen molar-refractivity contribution >= 4 is 11.7 Å². The van der Waals surface area contributed by atoms with Crippen molar-refractivity contribution in [1.29, 1.82) is 5.26 Å². The fraction of sp³-hybridized carbons (Fsp3) is 0.167. The van der Waals surface area contributed by atoms with Gasteiger partial charge in [0.25, 0.3) is 0 Å². The zero-order valence-corrected chi connectivity index (χ0v) is 8.76. The molecule has 0 spiro atoms. The molecule has 0 unspecified atom stereocenters. The van der Waals surface area contributed by atoms with Gasteiger partial charge in [0.05, 0.1) is 11.3 Å². The van der Waals surface area contributed by atoms with Crippen LogP contribution in [0.15, 0.2) is 36.9 Å². The van der Waals surface area contributed by atoms with Crippen molar-refractivity contribution in [3.05, 3.63) is 42.5 Å². The van der Waals surface area contributed by atoms with Crippen LogP contribution in [0.3, 0.4) is 0 Å². The van der Waals surface area contributed by atoms with E-state index in [0.29, 0.717) is 17.8 Å². The number of nitrogens with zero attached hydrogens (tertiary/aromatic N) is 2. The quantitative estimate of drug-likeness (QED) is 0.760. The lowest BCUT2D eigenvalue weighted by molar-refractivity contribution is -0.135. The van der Waals surface area contributed by atoms with Crippen molar-refractivity contribution in [3.8, 4) is 6.07 Å². The minimum Gasteiger partial charge on any atom is -0.480 e. The number of aliphatic carboxylic acids is 1. The number of hydrogen-bond donors (Lipinski definition) is 1. The molecule has 0 aliphatic carbocycles. The average molecular weight is 216 g/mol. The normalized spacial score (nSPS) is 9.19. The predicted molar refractivity (Wildman–Crippen MR) is 61.2 cm³/mol. The standard InChI is InChI=1S/C12H12N2O2/c1-2-7-14(9-12(15)16)11-6-4-3-5-10(11)8-13/h2-6H,1,7,9H2,(H,15,16). The van der Waals surface area contributed by atoms with Crippen molar-refractivity contribution in [2.75, 3.05) is 18.0 Å². The molecule has 0 aliphatic heterocycles. The highest BCUT2D eigenvalue weighted by Gasteiger charge is 2.12. The molecule has 1 aromatic carbocycles. The van der Waals surface area contributed by atoms with Crippen LogP contribution >= 0.6 is 0 Å². The third kappa shape index (κ3) is 2.85. The Morgan fingerprint density at radius 2 is 2.25 bits per heavy atom. The van der Waals surface area contributed by atoms with E-state index in [9.17, 15) is 4.79 Å². The molecule has 0 saturated heterocycles. The van der Waals surface area contributed by atoms with Gasteiger partial charge in [-0.25, -0.2) is 0 Å². The van der Waals surface area contributed by atoms with E-state index in [-0.39, 0.29) is 6.54 Å². The Morgan fingerprint density at radius 3 is 2.81 bits per heavy atom. The molecule has 82 valence electrons. The second-order valence-corrected chi connectivity index (χ2v) is 3.19. The summed E-state index contributed by atoms with van der Waals surface area (Å²) in [5.74, 6) is -0.936. The van der Waals surface area contributed by atoms with Gasteiger partial charge >= 0.3 is 5.97 Å². The summed E-state index contributed by atoms with van der Waals surface area (Å²) in [7, 11) is 0. The van der Waals surface area contributed by atoms with Crippen molar-refractivity contribution in [3.63, 3.8) is 0 Å². The minimum atomic E-state index is -0.936. The van der Waals surface area contributed by atoms with Gasteiger partial charge in [0.1, 0.15) is 12.6 Å². The second-order valence-electron chi connectivity index (χ2n) is 3.19. The second kappa shape index (κ2) is 5.56. The maximum atomic E-state index is 10.7. The van der Waals surface area contributed by atoms with E-state index >= 15 is 0 Å². The summed E-state index contributed by atoms with van der Waals surface area (Å²) >= 11 is 0. The van der Waals surface area contributed by atoms with Crippen LogP contribution in [0, 0.1) is 11.3 Å². The maximum Gasteiger partial charge on any atom is 0.323 e. The van der Waals surface area contributed by atoms with Gasteiger partial charge in [-0.15, -0.1) is 6.58 Å². The lowest BCUT2D eigenvalue weighted by atomic mass is 10.1. The lowest BCUT2D eigenvalue weighted by Crippen LogP contribution is -2.30. The summed E-state index contributed by atoms with van der Waals surface area (Å²) in [6.07, 6.45) is 1.61. The zero-order valence-electron chi connectivity index (χ0n) is 8.76. The summed E-state index contributed by atoms with van der Waals surface area (Å²) in [5.41, 5.74) is 1.08. The fourth-order valence-electron chi connectivity index (χ4n) is 1.41. The van der Waals surface area contributed by atoms with E-state index in [2.05, 4.69) is 6.58 Å². The molecule has 0 aromatic heterocycles. The van der Waals surface area contributed by atoms with Crippen LogP contribution in [0.1, 0.15) is 5.56 Å². The molecule has 1 rings (SSSR count). The third-order valence-corrected chi connectivity index (χ3v) is 2.04. The fourth-order valence-corrected chi connectivity index (χ4v) is 1.41. The van der Waals surface area contributed by atoms with E-state index in [1.807, 2.05) is 6.07 Å². The van der Waals surface area contributed by atoms with Gasteiger partial charge in [0.2, 0.25) is 0 Å². The number of carboxylic acids is 1. The smallest absolute Gasteiger partial charge is 0.323 e. The SMILES string of the molecule is C=CCN(CC(=O)O)c1ccccc1C#N. The van der Waals surface area contributed by atoms with E-state index in [0.717, 1.165) is 0 Å². The zero-order chi connectivity index (χ0) is 12.0. The van der Waals surface area contributed by atoms with E-state index < -0.39 is 5.97 Å². The average Bonchev–Trinajstić information content (AvgIpc) is 2.28. The van der Waals surface area contributed by atoms with Crippen LogP contribution in [0.2, 0.25) is 0 Å². The summed E-state index contributed by atoms with van der Waals surface area (Å²) in [6, 6.07) is 8.94. The summed E-state index contributed by atoms with van der Waals surface area (Å²) in [4.78, 5) is 12.3. The van der Waals surface area contributed by atoms with Crippen molar-refractivity contribution in [2.24, 2.45) is 0 Å². The van der Waals surface area contributed by atoms with Crippen LogP contribution < -0.4 is 4.90 Å². The van der Waals surface area contributed by atoms with Gasteiger partial charge < -0.3 is 10.0 Å². The van der Waals surface area contributed by atoms with Crippen LogP contribution in [-0.2, 0) is 4.79 Å². The Bertz CT molecular complexity index is 435. The van der Waals surface area contributed by atoms with Gasteiger partial charge in [-0.1, -0.05) is 18.2 Å². The van der Waals surface area contributed by atoms with Crippen LogP contribution in [0.4, 0.5) is 5.69 Å². The molecule has 0 atom stereocenters. The molecule has 0 saturated carbocycles. The Kier molecular flexibility index (Phi) is 4.10. The number of nitriles is 1. The summed E-state index contributed by atoms with van der Waals surface area (Å²) < 4.78 is 0. The molecule has 0 radical (unpaired) electrons. The monoisotopic (exact) mass is 216 g/mol. The number of anilines is 1. The molecule has 4 heteroatoms. The molecular weight excluding hydrogens is 204 g/mol. The van der Waals surface area contributed by atoms with E-state index in [1.54, 1.807) is 35.2 Å². The van der Waals surface area contributed by atoms with Crippen LogP contribution in [-0.4, -0.2) is 24.2 Å². The Hall–Kier alpha value is -2.28. The number of rotatable bonds is 5. The molecule has 0 bridgehead atoms. The molecule has 0 aliphatic rings. The number of carboxylic acid groups (broad SMARTS) is 1. The maximum absolute atomic E-state index is 10.7. The van der Waals surface area contributed by atoms with Gasteiger partial charge in [-0.3, -0.25) is 4.79 Å². The van der Waals surface area contributed by atoms with Gasteiger partial charge in [0.15, 0.2) is 0 Å². The van der Waals surface area contributed by atoms with Crippen molar-refractivity contribution in [1.82, 2.24) is 0 Å². The Labute approximate surface area is 94.0 Å².